The molecule has 6 heteroatoms. The Bertz CT molecular complexity index is 851. The first-order chi connectivity index (χ1) is 11.5. The Kier molecular flexibility index (Phi) is 4.69. The predicted octanol–water partition coefficient (Wildman–Crippen LogP) is 4.39. The zero-order chi connectivity index (χ0) is 17.3. The maximum absolute atomic E-state index is 13.0. The van der Waals surface area contributed by atoms with Crippen molar-refractivity contribution < 1.29 is 14.3 Å². The van der Waals surface area contributed by atoms with E-state index in [1.54, 1.807) is 13.0 Å². The summed E-state index contributed by atoms with van der Waals surface area (Å²) < 4.78 is 5.80. The molecule has 4 nitrogen and oxygen atoms in total. The lowest BCUT2D eigenvalue weighted by Crippen LogP contribution is -2.24. The van der Waals surface area contributed by atoms with Crippen LogP contribution in [0.3, 0.4) is 0 Å². The fourth-order valence-electron chi connectivity index (χ4n) is 2.60. The minimum absolute atomic E-state index is 0.233. The molecule has 3 rings (SSSR count). The molecule has 0 spiro atoms. The van der Waals surface area contributed by atoms with Crippen LogP contribution in [0.25, 0.3) is 6.08 Å². The predicted molar refractivity (Wildman–Crippen MR) is 98.6 cm³/mol. The standard InChI is InChI=1S/C18H14BrNO3S/c1-11-16(18(22)23-2)15(10-14-4-3-9-24-14)17(21)20(11)13-7-5-12(19)6-8-13/h3-10H,1-2H3. The summed E-state index contributed by atoms with van der Waals surface area (Å²) in [6.07, 6.45) is 1.74. The Morgan fingerprint density at radius 2 is 1.96 bits per heavy atom. The molecule has 2 aromatic rings. The highest BCUT2D eigenvalue weighted by Crippen LogP contribution is 2.36. The third kappa shape index (κ3) is 2.95. The number of allylic oxidation sites excluding steroid dienone is 1. The summed E-state index contributed by atoms with van der Waals surface area (Å²) in [5.74, 6) is -0.744. The second kappa shape index (κ2) is 6.75. The molecule has 0 unspecified atom stereocenters. The first-order valence-corrected chi connectivity index (χ1v) is 8.85. The fraction of sp³-hybridized carbons (Fsp3) is 0.111. The lowest BCUT2D eigenvalue weighted by Gasteiger charge is -2.17. The van der Waals surface area contributed by atoms with Crippen molar-refractivity contribution in [3.05, 3.63) is 68.0 Å². The second-order valence-corrected chi connectivity index (χ2v) is 7.04. The molecule has 1 amide bonds. The number of benzene rings is 1. The minimum Gasteiger partial charge on any atom is -0.465 e. The number of halogens is 1. The van der Waals surface area contributed by atoms with Crippen molar-refractivity contribution in [2.75, 3.05) is 12.0 Å². The van der Waals surface area contributed by atoms with Gasteiger partial charge in [-0.3, -0.25) is 9.69 Å². The second-order valence-electron chi connectivity index (χ2n) is 5.14. The van der Waals surface area contributed by atoms with Crippen LogP contribution < -0.4 is 4.90 Å². The van der Waals surface area contributed by atoms with Crippen molar-refractivity contribution in [3.8, 4) is 0 Å². The zero-order valence-corrected chi connectivity index (χ0v) is 15.5. The molecular weight excluding hydrogens is 390 g/mol. The number of carbonyl (C=O) groups is 2. The summed E-state index contributed by atoms with van der Waals surface area (Å²) in [6, 6.07) is 11.2. The van der Waals surface area contributed by atoms with E-state index in [-0.39, 0.29) is 5.91 Å². The van der Waals surface area contributed by atoms with Gasteiger partial charge < -0.3 is 4.74 Å². The lowest BCUT2D eigenvalue weighted by atomic mass is 10.1. The van der Waals surface area contributed by atoms with Crippen LogP contribution in [0.2, 0.25) is 0 Å². The Morgan fingerprint density at radius 3 is 2.54 bits per heavy atom. The van der Waals surface area contributed by atoms with E-state index in [2.05, 4.69) is 15.9 Å². The maximum Gasteiger partial charge on any atom is 0.340 e. The maximum atomic E-state index is 13.0. The molecular formula is C18H14BrNO3S. The van der Waals surface area contributed by atoms with Crippen molar-refractivity contribution >= 4 is 50.9 Å². The van der Waals surface area contributed by atoms with Gasteiger partial charge in [-0.15, -0.1) is 11.3 Å². The topological polar surface area (TPSA) is 46.6 Å². The van der Waals surface area contributed by atoms with Gasteiger partial charge in [-0.2, -0.15) is 0 Å². The Balaban J connectivity index is 2.12. The molecule has 0 saturated carbocycles. The third-order valence-corrected chi connectivity index (χ3v) is 5.05. The van der Waals surface area contributed by atoms with Crippen molar-refractivity contribution in [2.24, 2.45) is 0 Å². The van der Waals surface area contributed by atoms with Crippen LogP contribution in [0.4, 0.5) is 5.69 Å². The summed E-state index contributed by atoms with van der Waals surface area (Å²) in [5.41, 5.74) is 1.93. The highest BCUT2D eigenvalue weighted by atomic mass is 79.9. The first-order valence-electron chi connectivity index (χ1n) is 7.17. The summed E-state index contributed by atoms with van der Waals surface area (Å²) in [4.78, 5) is 27.6. The van der Waals surface area contributed by atoms with Crippen molar-refractivity contribution in [1.29, 1.82) is 0 Å². The molecule has 1 aromatic carbocycles. The summed E-state index contributed by atoms with van der Waals surface area (Å²) in [6.45, 7) is 1.75. The number of esters is 1. The molecule has 0 radical (unpaired) electrons. The lowest BCUT2D eigenvalue weighted by molar-refractivity contribution is -0.136. The van der Waals surface area contributed by atoms with E-state index in [0.29, 0.717) is 22.5 Å². The highest BCUT2D eigenvalue weighted by Gasteiger charge is 2.37. The van der Waals surface area contributed by atoms with Gasteiger partial charge in [0.05, 0.1) is 18.3 Å². The van der Waals surface area contributed by atoms with Gasteiger partial charge in [-0.05, 0) is 48.7 Å². The van der Waals surface area contributed by atoms with Gasteiger partial charge in [-0.1, -0.05) is 22.0 Å². The van der Waals surface area contributed by atoms with Crippen LogP contribution in [-0.4, -0.2) is 19.0 Å². The van der Waals surface area contributed by atoms with Crippen LogP contribution in [0, 0.1) is 0 Å². The quantitative estimate of drug-likeness (QED) is 0.563. The molecule has 0 aliphatic carbocycles. The van der Waals surface area contributed by atoms with Crippen LogP contribution in [0.15, 0.2) is 63.1 Å². The molecule has 1 aliphatic heterocycles. The molecule has 122 valence electrons. The number of nitrogens with zero attached hydrogens (tertiary/aromatic N) is 1. The van der Waals surface area contributed by atoms with Gasteiger partial charge in [0, 0.05) is 20.7 Å². The Labute approximate surface area is 152 Å². The molecule has 1 aliphatic rings. The van der Waals surface area contributed by atoms with Gasteiger partial charge in [0.1, 0.15) is 0 Å². The van der Waals surface area contributed by atoms with E-state index in [0.717, 1.165) is 9.35 Å². The number of amides is 1. The number of carbonyl (C=O) groups excluding carboxylic acids is 2. The van der Waals surface area contributed by atoms with Gasteiger partial charge in [0.25, 0.3) is 5.91 Å². The largest absolute Gasteiger partial charge is 0.465 e. The van der Waals surface area contributed by atoms with Crippen molar-refractivity contribution in [1.82, 2.24) is 0 Å². The van der Waals surface area contributed by atoms with Crippen LogP contribution in [-0.2, 0) is 14.3 Å². The molecule has 0 fully saturated rings. The number of hydrogen-bond acceptors (Lipinski definition) is 4. The normalized spacial score (nSPS) is 16.2. The molecule has 24 heavy (non-hydrogen) atoms. The van der Waals surface area contributed by atoms with Gasteiger partial charge >= 0.3 is 5.97 Å². The number of ether oxygens (including phenoxy) is 1. The number of rotatable bonds is 3. The Morgan fingerprint density at radius 1 is 1.25 bits per heavy atom. The van der Waals surface area contributed by atoms with Crippen LogP contribution in [0.1, 0.15) is 11.8 Å². The van der Waals surface area contributed by atoms with Crippen LogP contribution in [0.5, 0.6) is 0 Å². The van der Waals surface area contributed by atoms with E-state index in [9.17, 15) is 9.59 Å². The number of hydrogen-bond donors (Lipinski definition) is 0. The Hall–Kier alpha value is -2.18. The molecule has 0 N–H and O–H groups in total. The monoisotopic (exact) mass is 403 g/mol. The molecule has 0 saturated heterocycles. The van der Waals surface area contributed by atoms with Crippen LogP contribution >= 0.6 is 27.3 Å². The van der Waals surface area contributed by atoms with E-state index in [4.69, 9.17) is 4.74 Å². The molecule has 0 bridgehead atoms. The number of thiophene rings is 1. The molecule has 1 aromatic heterocycles. The average molecular weight is 404 g/mol. The van der Waals surface area contributed by atoms with Gasteiger partial charge in [0.2, 0.25) is 0 Å². The first kappa shape index (κ1) is 16.7. The van der Waals surface area contributed by atoms with Crippen molar-refractivity contribution in [2.45, 2.75) is 6.92 Å². The molecule has 2 heterocycles. The SMILES string of the molecule is COC(=O)C1=C(C)N(c2ccc(Br)cc2)C(=O)C1=Cc1cccs1. The summed E-state index contributed by atoms with van der Waals surface area (Å²) in [7, 11) is 1.32. The number of anilines is 1. The fourth-order valence-corrected chi connectivity index (χ4v) is 3.52. The van der Waals surface area contributed by atoms with Crippen molar-refractivity contribution in [3.63, 3.8) is 0 Å². The van der Waals surface area contributed by atoms with E-state index < -0.39 is 5.97 Å². The highest BCUT2D eigenvalue weighted by molar-refractivity contribution is 9.10. The summed E-state index contributed by atoms with van der Waals surface area (Å²) in [5, 5.41) is 1.92. The molecule has 0 atom stereocenters. The van der Waals surface area contributed by atoms with E-state index >= 15 is 0 Å². The van der Waals surface area contributed by atoms with Gasteiger partial charge in [-0.25, -0.2) is 4.79 Å². The smallest absolute Gasteiger partial charge is 0.340 e. The third-order valence-electron chi connectivity index (χ3n) is 3.70. The average Bonchev–Trinajstić information content (AvgIpc) is 3.16. The minimum atomic E-state index is -0.511. The summed E-state index contributed by atoms with van der Waals surface area (Å²) >= 11 is 4.89. The van der Waals surface area contributed by atoms with Gasteiger partial charge in [0.15, 0.2) is 0 Å². The van der Waals surface area contributed by atoms with E-state index in [1.807, 2.05) is 41.8 Å². The van der Waals surface area contributed by atoms with E-state index in [1.165, 1.54) is 23.3 Å². The zero-order valence-electron chi connectivity index (χ0n) is 13.1. The number of methoxy groups -OCH3 is 1.